The van der Waals surface area contributed by atoms with E-state index >= 15 is 0 Å². The Hall–Kier alpha value is -4.26. The molecule has 5 heterocycles. The van der Waals surface area contributed by atoms with Crippen LogP contribution >= 0.6 is 0 Å². The van der Waals surface area contributed by atoms with E-state index in [1.807, 2.05) is 24.4 Å². The number of hydrogen-bond donors (Lipinski definition) is 2. The van der Waals surface area contributed by atoms with Crippen LogP contribution in [0.4, 0.5) is 5.82 Å². The monoisotopic (exact) mass is 381 g/mol. The van der Waals surface area contributed by atoms with Gasteiger partial charge in [0.15, 0.2) is 0 Å². The standard InChI is InChI=1S/C22H15N5O2/c1-2-20(28)27-19-10-13(3-6-23-19)14-9-17-18(12-26-21(17)25-11-14)15-4-7-24-22-16(15)5-8-29-22/h2-12H,1H2,(H,25,26)(H,23,27,28). The molecule has 0 saturated heterocycles. The van der Waals surface area contributed by atoms with Crippen LogP contribution in [0.1, 0.15) is 0 Å². The summed E-state index contributed by atoms with van der Waals surface area (Å²) in [7, 11) is 0. The number of carbonyl (C=O) groups excluding carboxylic acids is 1. The number of carbonyl (C=O) groups is 1. The highest BCUT2D eigenvalue weighted by molar-refractivity contribution is 6.03. The lowest BCUT2D eigenvalue weighted by Crippen LogP contribution is -2.08. The van der Waals surface area contributed by atoms with Crippen LogP contribution in [0.3, 0.4) is 0 Å². The zero-order chi connectivity index (χ0) is 19.8. The lowest BCUT2D eigenvalue weighted by molar-refractivity contribution is -0.111. The molecule has 2 N–H and O–H groups in total. The number of nitrogens with zero attached hydrogens (tertiary/aromatic N) is 3. The van der Waals surface area contributed by atoms with E-state index in [1.165, 1.54) is 6.08 Å². The smallest absolute Gasteiger partial charge is 0.248 e. The molecule has 5 aromatic heterocycles. The third-order valence-electron chi connectivity index (χ3n) is 4.72. The third-order valence-corrected chi connectivity index (χ3v) is 4.72. The van der Waals surface area contributed by atoms with E-state index in [1.54, 1.807) is 30.9 Å². The number of rotatable bonds is 4. The second-order valence-electron chi connectivity index (χ2n) is 6.44. The van der Waals surface area contributed by atoms with Crippen molar-refractivity contribution in [3.63, 3.8) is 0 Å². The molecule has 0 atom stereocenters. The van der Waals surface area contributed by atoms with Crippen molar-refractivity contribution in [3.8, 4) is 22.3 Å². The maximum atomic E-state index is 11.6. The number of aromatic amines is 1. The highest BCUT2D eigenvalue weighted by atomic mass is 16.3. The lowest BCUT2D eigenvalue weighted by Gasteiger charge is -2.06. The van der Waals surface area contributed by atoms with E-state index in [9.17, 15) is 4.79 Å². The van der Waals surface area contributed by atoms with Gasteiger partial charge in [-0.25, -0.2) is 15.0 Å². The van der Waals surface area contributed by atoms with Crippen molar-refractivity contribution < 1.29 is 9.21 Å². The number of amides is 1. The molecule has 0 fully saturated rings. The highest BCUT2D eigenvalue weighted by Crippen LogP contribution is 2.34. The Kier molecular flexibility index (Phi) is 3.91. The van der Waals surface area contributed by atoms with Crippen molar-refractivity contribution in [2.75, 3.05) is 5.32 Å². The first kappa shape index (κ1) is 16.9. The molecule has 7 heteroatoms. The number of hydrogen-bond acceptors (Lipinski definition) is 5. The number of H-pyrrole nitrogens is 1. The van der Waals surface area contributed by atoms with Crippen molar-refractivity contribution in [2.45, 2.75) is 0 Å². The van der Waals surface area contributed by atoms with Crippen molar-refractivity contribution in [2.24, 2.45) is 0 Å². The van der Waals surface area contributed by atoms with Crippen LogP contribution in [0.15, 0.2) is 78.5 Å². The van der Waals surface area contributed by atoms with Gasteiger partial charge in [0.25, 0.3) is 0 Å². The minimum atomic E-state index is -0.307. The zero-order valence-corrected chi connectivity index (χ0v) is 15.2. The first-order valence-electron chi connectivity index (χ1n) is 8.92. The topological polar surface area (TPSA) is 96.7 Å². The molecular formula is C22H15N5O2. The van der Waals surface area contributed by atoms with Gasteiger partial charge in [0, 0.05) is 46.7 Å². The van der Waals surface area contributed by atoms with E-state index in [4.69, 9.17) is 4.42 Å². The van der Waals surface area contributed by atoms with Crippen LogP contribution in [-0.2, 0) is 4.79 Å². The van der Waals surface area contributed by atoms with Gasteiger partial charge in [-0.05, 0) is 47.5 Å². The van der Waals surface area contributed by atoms with Gasteiger partial charge < -0.3 is 14.7 Å². The molecule has 5 rings (SSSR count). The molecule has 0 saturated carbocycles. The number of fused-ring (bicyclic) bond motifs is 2. The van der Waals surface area contributed by atoms with E-state index < -0.39 is 0 Å². The minimum Gasteiger partial charge on any atom is -0.446 e. The van der Waals surface area contributed by atoms with E-state index in [0.717, 1.165) is 38.7 Å². The molecule has 5 aromatic rings. The summed E-state index contributed by atoms with van der Waals surface area (Å²) in [5, 5.41) is 4.59. The second kappa shape index (κ2) is 6.72. The third kappa shape index (κ3) is 2.94. The zero-order valence-electron chi connectivity index (χ0n) is 15.2. The highest BCUT2D eigenvalue weighted by Gasteiger charge is 2.13. The predicted octanol–water partition coefficient (Wildman–Crippen LogP) is 4.56. The molecule has 0 bridgehead atoms. The molecule has 140 valence electrons. The first-order chi connectivity index (χ1) is 14.2. The average Bonchev–Trinajstić information content (AvgIpc) is 3.40. The lowest BCUT2D eigenvalue weighted by atomic mass is 10.0. The van der Waals surface area contributed by atoms with E-state index in [0.29, 0.717) is 11.5 Å². The fraction of sp³-hybridized carbons (Fsp3) is 0. The fourth-order valence-electron chi connectivity index (χ4n) is 3.35. The summed E-state index contributed by atoms with van der Waals surface area (Å²) in [6.45, 7) is 3.46. The van der Waals surface area contributed by atoms with Crippen LogP contribution in [0.5, 0.6) is 0 Å². The van der Waals surface area contributed by atoms with Gasteiger partial charge in [-0.2, -0.15) is 0 Å². The normalized spacial score (nSPS) is 11.0. The maximum Gasteiger partial charge on any atom is 0.248 e. The van der Waals surface area contributed by atoms with Crippen molar-refractivity contribution >= 4 is 33.9 Å². The average molecular weight is 381 g/mol. The summed E-state index contributed by atoms with van der Waals surface area (Å²) < 4.78 is 5.43. The fourth-order valence-corrected chi connectivity index (χ4v) is 3.35. The summed E-state index contributed by atoms with van der Waals surface area (Å²) in [4.78, 5) is 27.8. The van der Waals surface area contributed by atoms with Crippen molar-refractivity contribution in [3.05, 3.63) is 74.0 Å². The summed E-state index contributed by atoms with van der Waals surface area (Å²) in [5.41, 5.74) is 5.21. The Balaban J connectivity index is 1.62. The summed E-state index contributed by atoms with van der Waals surface area (Å²) in [6.07, 6.45) is 9.94. The molecule has 0 aromatic carbocycles. The van der Waals surface area contributed by atoms with Crippen LogP contribution < -0.4 is 5.32 Å². The molecule has 0 spiro atoms. The first-order valence-corrected chi connectivity index (χ1v) is 8.92. The van der Waals surface area contributed by atoms with Crippen LogP contribution in [-0.4, -0.2) is 25.8 Å². The molecule has 0 radical (unpaired) electrons. The second-order valence-corrected chi connectivity index (χ2v) is 6.44. The number of anilines is 1. The molecule has 0 aliphatic rings. The number of furan rings is 1. The summed E-state index contributed by atoms with van der Waals surface area (Å²) in [6, 6.07) is 9.61. The number of nitrogens with one attached hydrogen (secondary N) is 2. The Bertz CT molecular complexity index is 1380. The predicted molar refractivity (Wildman–Crippen MR) is 111 cm³/mol. The van der Waals surface area contributed by atoms with Gasteiger partial charge >= 0.3 is 0 Å². The molecule has 7 nitrogen and oxygen atoms in total. The van der Waals surface area contributed by atoms with Gasteiger partial charge in [-0.1, -0.05) is 6.58 Å². The molecule has 29 heavy (non-hydrogen) atoms. The van der Waals surface area contributed by atoms with Crippen molar-refractivity contribution in [1.82, 2.24) is 19.9 Å². The molecule has 1 amide bonds. The Morgan fingerprint density at radius 2 is 1.93 bits per heavy atom. The summed E-state index contributed by atoms with van der Waals surface area (Å²) in [5.74, 6) is 0.147. The van der Waals surface area contributed by atoms with Gasteiger partial charge in [0.05, 0.1) is 6.26 Å². The number of aromatic nitrogens is 4. The van der Waals surface area contributed by atoms with E-state index in [-0.39, 0.29) is 5.91 Å². The van der Waals surface area contributed by atoms with Gasteiger partial charge in [0.1, 0.15) is 11.5 Å². The molecular weight excluding hydrogens is 366 g/mol. The van der Waals surface area contributed by atoms with Crippen LogP contribution in [0.2, 0.25) is 0 Å². The Morgan fingerprint density at radius 1 is 1.03 bits per heavy atom. The van der Waals surface area contributed by atoms with Gasteiger partial charge in [-0.3, -0.25) is 4.79 Å². The Labute approximate surface area is 165 Å². The van der Waals surface area contributed by atoms with E-state index in [2.05, 4.69) is 37.9 Å². The Morgan fingerprint density at radius 3 is 2.83 bits per heavy atom. The van der Waals surface area contributed by atoms with Gasteiger partial charge in [-0.15, -0.1) is 0 Å². The summed E-state index contributed by atoms with van der Waals surface area (Å²) >= 11 is 0. The maximum absolute atomic E-state index is 11.6. The van der Waals surface area contributed by atoms with Crippen LogP contribution in [0, 0.1) is 0 Å². The number of pyridine rings is 3. The SMILES string of the molecule is C=CC(=O)Nc1cc(-c2cnc3[nH]cc(-c4ccnc5occc45)c3c2)ccn1. The van der Waals surface area contributed by atoms with Crippen molar-refractivity contribution in [1.29, 1.82) is 0 Å². The van der Waals surface area contributed by atoms with Gasteiger partial charge in [0.2, 0.25) is 11.6 Å². The molecule has 0 aliphatic heterocycles. The van der Waals surface area contributed by atoms with Crippen LogP contribution in [0.25, 0.3) is 44.4 Å². The molecule has 0 aliphatic carbocycles. The minimum absolute atomic E-state index is 0.307. The largest absolute Gasteiger partial charge is 0.446 e. The quantitative estimate of drug-likeness (QED) is 0.445. The molecule has 0 unspecified atom stereocenters.